The van der Waals surface area contributed by atoms with Crippen molar-refractivity contribution in [1.82, 2.24) is 9.88 Å². The second-order valence-corrected chi connectivity index (χ2v) is 6.00. The topological polar surface area (TPSA) is 19.0 Å². The van der Waals surface area contributed by atoms with Gasteiger partial charge in [0.25, 0.3) is 0 Å². The van der Waals surface area contributed by atoms with E-state index in [1.807, 2.05) is 0 Å². The maximum atomic E-state index is 4.30. The van der Waals surface area contributed by atoms with Crippen LogP contribution in [0.2, 0.25) is 0 Å². The Hall–Kier alpha value is -1.28. The molecule has 2 aliphatic rings. The summed E-state index contributed by atoms with van der Waals surface area (Å²) in [5.74, 6) is 1.23. The molecule has 2 nitrogen and oxygen atoms in total. The summed E-state index contributed by atoms with van der Waals surface area (Å²) in [5, 5.41) is 1.49. The lowest BCUT2D eigenvalue weighted by Gasteiger charge is -2.44. The van der Waals surface area contributed by atoms with Crippen LogP contribution in [0.25, 0.3) is 10.9 Å². The minimum absolute atomic E-state index is 0.562. The number of nitrogens with one attached hydrogen (secondary N) is 1. The van der Waals surface area contributed by atoms with Crippen LogP contribution in [0, 0.1) is 12.8 Å². The highest BCUT2D eigenvalue weighted by Crippen LogP contribution is 2.43. The van der Waals surface area contributed by atoms with Gasteiger partial charge in [0.2, 0.25) is 0 Å². The van der Waals surface area contributed by atoms with Gasteiger partial charge in [0, 0.05) is 35.6 Å². The Kier molecular flexibility index (Phi) is 2.13. The highest BCUT2D eigenvalue weighted by Gasteiger charge is 2.37. The van der Waals surface area contributed by atoms with E-state index in [2.05, 4.69) is 48.3 Å². The smallest absolute Gasteiger partial charge is 0.0459 e. The Morgan fingerprint density at radius 1 is 1.39 bits per heavy atom. The van der Waals surface area contributed by atoms with Crippen LogP contribution in [-0.2, 0) is 6.42 Å². The van der Waals surface area contributed by atoms with Gasteiger partial charge in [-0.25, -0.2) is 0 Å². The zero-order chi connectivity index (χ0) is 12.3. The predicted octanol–water partition coefficient (Wildman–Crippen LogP) is 2.96. The maximum absolute atomic E-state index is 4.30. The molecule has 0 amide bonds. The first kappa shape index (κ1) is 10.6. The molecule has 1 N–H and O–H groups in total. The van der Waals surface area contributed by atoms with Gasteiger partial charge in [-0.05, 0) is 49.9 Å². The quantitative estimate of drug-likeness (QED) is 0.749. The molecule has 2 aromatic rings. The molecule has 0 saturated carbocycles. The molecule has 0 spiro atoms. The van der Waals surface area contributed by atoms with E-state index in [1.165, 1.54) is 29.3 Å². The van der Waals surface area contributed by atoms with E-state index in [0.717, 1.165) is 6.54 Å². The molecule has 1 fully saturated rings. The molecule has 1 aliphatic carbocycles. The Morgan fingerprint density at radius 3 is 3.17 bits per heavy atom. The number of piperidine rings is 1. The zero-order valence-electron chi connectivity index (χ0n) is 10.8. The number of hydrogen-bond donors (Lipinski definition) is 1. The van der Waals surface area contributed by atoms with E-state index in [1.54, 1.807) is 5.56 Å². The Morgan fingerprint density at radius 2 is 2.28 bits per heavy atom. The summed E-state index contributed by atoms with van der Waals surface area (Å²) in [4.78, 5) is 5.94. The van der Waals surface area contributed by atoms with Gasteiger partial charge in [-0.1, -0.05) is 12.1 Å². The predicted molar refractivity (Wildman–Crippen MR) is 74.6 cm³/mol. The summed E-state index contributed by atoms with van der Waals surface area (Å²) in [5.41, 5.74) is 4.34. The fourth-order valence-electron chi connectivity index (χ4n) is 4.05. The molecular weight excluding hydrogens is 220 g/mol. The third-order valence-electron chi connectivity index (χ3n) is 4.81. The van der Waals surface area contributed by atoms with Crippen molar-refractivity contribution in [1.29, 1.82) is 0 Å². The van der Waals surface area contributed by atoms with E-state index in [-0.39, 0.29) is 0 Å². The minimum Gasteiger partial charge on any atom is -0.361 e. The number of hydrogen-bond acceptors (Lipinski definition) is 1. The molecule has 93 valence electrons. The van der Waals surface area contributed by atoms with E-state index in [9.17, 15) is 0 Å². The number of nitrogens with zero attached hydrogens (tertiary/aromatic N) is 1. The van der Waals surface area contributed by atoms with Crippen molar-refractivity contribution in [3.63, 3.8) is 0 Å². The number of fused-ring (bicyclic) bond motifs is 2. The van der Waals surface area contributed by atoms with E-state index < -0.39 is 0 Å². The Bertz CT molecular complexity index is 598. The molecule has 2 heteroatoms. The zero-order valence-corrected chi connectivity index (χ0v) is 10.8. The molecule has 1 aliphatic heterocycles. The van der Waals surface area contributed by atoms with Gasteiger partial charge >= 0.3 is 0 Å². The fourth-order valence-corrected chi connectivity index (χ4v) is 4.05. The van der Waals surface area contributed by atoms with Crippen molar-refractivity contribution in [2.24, 2.45) is 5.92 Å². The van der Waals surface area contributed by atoms with E-state index in [0.29, 0.717) is 17.9 Å². The number of aromatic amines is 1. The lowest BCUT2D eigenvalue weighted by Crippen LogP contribution is -2.47. The molecule has 1 aromatic carbocycles. The molecule has 2 heterocycles. The maximum Gasteiger partial charge on any atom is 0.0459 e. The lowest BCUT2D eigenvalue weighted by molar-refractivity contribution is 0.129. The van der Waals surface area contributed by atoms with Gasteiger partial charge in [0.05, 0.1) is 0 Å². The first-order chi connectivity index (χ1) is 8.74. The van der Waals surface area contributed by atoms with Gasteiger partial charge in [-0.2, -0.15) is 0 Å². The molecule has 1 saturated heterocycles. The van der Waals surface area contributed by atoms with Crippen LogP contribution in [0.4, 0.5) is 0 Å². The second-order valence-electron chi connectivity index (χ2n) is 6.00. The van der Waals surface area contributed by atoms with Gasteiger partial charge in [0.1, 0.15) is 0 Å². The number of rotatable bonds is 0. The third-order valence-corrected chi connectivity index (χ3v) is 4.81. The molecule has 18 heavy (non-hydrogen) atoms. The molecule has 4 rings (SSSR count). The Balaban J connectivity index is 1.92. The summed E-state index contributed by atoms with van der Waals surface area (Å²) in [7, 11) is 2.26. The SMILES string of the molecule is [CH2][C@@H]1CC2c3cccc4[nH]cc(c34)C[C@H]2N(C)C1. The number of likely N-dealkylation sites (tertiary alicyclic amines) is 1. The third kappa shape index (κ3) is 1.33. The van der Waals surface area contributed by atoms with Gasteiger partial charge in [0.15, 0.2) is 0 Å². The highest BCUT2D eigenvalue weighted by molar-refractivity contribution is 5.88. The average Bonchev–Trinajstić information content (AvgIpc) is 2.76. The van der Waals surface area contributed by atoms with Crippen molar-refractivity contribution in [3.05, 3.63) is 42.4 Å². The van der Waals surface area contributed by atoms with Crippen LogP contribution in [0.3, 0.4) is 0 Å². The van der Waals surface area contributed by atoms with Crippen molar-refractivity contribution in [2.75, 3.05) is 13.6 Å². The monoisotopic (exact) mass is 239 g/mol. The average molecular weight is 239 g/mol. The van der Waals surface area contributed by atoms with Gasteiger partial charge in [-0.3, -0.25) is 0 Å². The van der Waals surface area contributed by atoms with E-state index >= 15 is 0 Å². The summed E-state index contributed by atoms with van der Waals surface area (Å²) >= 11 is 0. The summed E-state index contributed by atoms with van der Waals surface area (Å²) < 4.78 is 0. The molecular formula is C16H19N2. The standard InChI is InChI=1S/C16H19N2/c1-10-6-13-12-4-3-5-14-16(12)11(8-17-14)7-15(13)18(2)9-10/h3-5,8,10,13,15,17H,1,6-7,9H2,2H3/t10-,13?,15-/m1/s1. The second kappa shape index (κ2) is 3.61. The van der Waals surface area contributed by atoms with Gasteiger partial charge in [-0.15, -0.1) is 0 Å². The fraction of sp³-hybridized carbons (Fsp3) is 0.438. The first-order valence-electron chi connectivity index (χ1n) is 6.86. The molecule has 0 bridgehead atoms. The van der Waals surface area contributed by atoms with Crippen LogP contribution < -0.4 is 0 Å². The van der Waals surface area contributed by atoms with Crippen molar-refractivity contribution in [2.45, 2.75) is 24.8 Å². The number of H-pyrrole nitrogens is 1. The summed E-state index contributed by atoms with van der Waals surface area (Å²) in [6.07, 6.45) is 4.62. The highest BCUT2D eigenvalue weighted by atomic mass is 15.1. The number of benzene rings is 1. The Labute approximate surface area is 108 Å². The van der Waals surface area contributed by atoms with Gasteiger partial charge < -0.3 is 9.88 Å². The molecule has 3 atom stereocenters. The van der Waals surface area contributed by atoms with Crippen molar-refractivity contribution < 1.29 is 0 Å². The van der Waals surface area contributed by atoms with Crippen LogP contribution in [0.1, 0.15) is 23.5 Å². The van der Waals surface area contributed by atoms with Crippen LogP contribution in [0.15, 0.2) is 24.4 Å². The van der Waals surface area contributed by atoms with Crippen molar-refractivity contribution in [3.8, 4) is 0 Å². The number of aromatic nitrogens is 1. The summed E-state index contributed by atoms with van der Waals surface area (Å²) in [6.45, 7) is 5.43. The molecule has 1 unspecified atom stereocenters. The number of likely N-dealkylation sites (N-methyl/N-ethyl adjacent to an activating group) is 1. The van der Waals surface area contributed by atoms with Crippen LogP contribution >= 0.6 is 0 Å². The summed E-state index contributed by atoms with van der Waals surface area (Å²) in [6, 6.07) is 7.36. The largest absolute Gasteiger partial charge is 0.361 e. The lowest BCUT2D eigenvalue weighted by atomic mass is 9.73. The minimum atomic E-state index is 0.562. The van der Waals surface area contributed by atoms with E-state index in [4.69, 9.17) is 0 Å². The van der Waals surface area contributed by atoms with Crippen LogP contribution in [-0.4, -0.2) is 29.5 Å². The molecule has 1 aromatic heterocycles. The molecule has 1 radical (unpaired) electrons. The van der Waals surface area contributed by atoms with Crippen molar-refractivity contribution >= 4 is 10.9 Å². The first-order valence-corrected chi connectivity index (χ1v) is 6.86. The van der Waals surface area contributed by atoms with Crippen LogP contribution in [0.5, 0.6) is 0 Å². The normalized spacial score (nSPS) is 31.6.